The van der Waals surface area contributed by atoms with Gasteiger partial charge < -0.3 is 15.0 Å². The maximum Gasteiger partial charge on any atom is 0.243 e. The quantitative estimate of drug-likeness (QED) is 0.269. The fourth-order valence-corrected chi connectivity index (χ4v) is 5.21. The summed E-state index contributed by atoms with van der Waals surface area (Å²) in [6.45, 7) is 4.17. The molecule has 2 unspecified atom stereocenters. The number of methoxy groups -OCH3 is 1. The molecule has 0 radical (unpaired) electrons. The summed E-state index contributed by atoms with van der Waals surface area (Å²) >= 11 is 7.45. The average molecular weight is 557 g/mol. The van der Waals surface area contributed by atoms with Crippen molar-refractivity contribution in [1.82, 2.24) is 10.2 Å². The molecule has 0 aliphatic rings. The number of ether oxygens (including phenoxy) is 1. The second kappa shape index (κ2) is 14.8. The lowest BCUT2D eigenvalue weighted by atomic mass is 10.0. The second-order valence-corrected chi connectivity index (χ2v) is 10.5. The summed E-state index contributed by atoms with van der Waals surface area (Å²) in [5.41, 5.74) is 2.15. The van der Waals surface area contributed by atoms with Crippen LogP contribution in [0.15, 0.2) is 72.8 Å². The molecule has 0 saturated heterocycles. The summed E-state index contributed by atoms with van der Waals surface area (Å²) in [6.07, 6.45) is 1.13. The number of hydrogen-bond acceptors (Lipinski definition) is 4. The Kier molecular flexibility index (Phi) is 11.5. The van der Waals surface area contributed by atoms with E-state index >= 15 is 0 Å². The van der Waals surface area contributed by atoms with Crippen LogP contribution in [0.3, 0.4) is 0 Å². The molecule has 0 fully saturated rings. The van der Waals surface area contributed by atoms with Crippen LogP contribution in [0.25, 0.3) is 0 Å². The molecule has 2 amide bonds. The Morgan fingerprint density at radius 3 is 2.45 bits per heavy atom. The van der Waals surface area contributed by atoms with Crippen LogP contribution >= 0.6 is 23.4 Å². The zero-order chi connectivity index (χ0) is 27.5. The lowest BCUT2D eigenvalue weighted by Crippen LogP contribution is -2.52. The molecule has 38 heavy (non-hydrogen) atoms. The van der Waals surface area contributed by atoms with Crippen molar-refractivity contribution in [3.63, 3.8) is 0 Å². The summed E-state index contributed by atoms with van der Waals surface area (Å²) in [5.74, 6) is 0.151. The van der Waals surface area contributed by atoms with Crippen molar-refractivity contribution in [2.45, 2.75) is 51.1 Å². The summed E-state index contributed by atoms with van der Waals surface area (Å²) in [7, 11) is 1.59. The van der Waals surface area contributed by atoms with Gasteiger partial charge in [-0.2, -0.15) is 0 Å². The summed E-state index contributed by atoms with van der Waals surface area (Å²) in [5, 5.41) is 3.39. The van der Waals surface area contributed by atoms with Crippen molar-refractivity contribution in [3.05, 3.63) is 100 Å². The molecule has 2 atom stereocenters. The first-order valence-electron chi connectivity index (χ1n) is 12.6. The van der Waals surface area contributed by atoms with Gasteiger partial charge in [-0.15, -0.1) is 11.8 Å². The molecule has 202 valence electrons. The fraction of sp³-hybridized carbons (Fsp3) is 0.333. The molecular weight excluding hydrogens is 523 g/mol. The second-order valence-electron chi connectivity index (χ2n) is 9.09. The fourth-order valence-electron chi connectivity index (χ4n) is 3.96. The normalized spacial score (nSPS) is 12.4. The molecule has 8 heteroatoms. The zero-order valence-corrected chi connectivity index (χ0v) is 23.5. The number of hydrogen-bond donors (Lipinski definition) is 1. The first-order chi connectivity index (χ1) is 18.3. The minimum atomic E-state index is -0.734. The number of carbonyl (C=O) groups is 2. The first-order valence-corrected chi connectivity index (χ1v) is 14.1. The maximum atomic E-state index is 14.3. The number of amides is 2. The Morgan fingerprint density at radius 2 is 1.76 bits per heavy atom. The molecule has 0 spiro atoms. The van der Waals surface area contributed by atoms with Crippen LogP contribution in [0.1, 0.15) is 37.0 Å². The Labute approximate surface area is 233 Å². The number of halogens is 2. The van der Waals surface area contributed by atoms with Gasteiger partial charge in [-0.3, -0.25) is 9.59 Å². The Bertz CT molecular complexity index is 1190. The Hall–Kier alpha value is -3.03. The van der Waals surface area contributed by atoms with Gasteiger partial charge in [0.25, 0.3) is 0 Å². The van der Waals surface area contributed by atoms with Crippen LogP contribution in [0, 0.1) is 5.82 Å². The first kappa shape index (κ1) is 29.5. The lowest BCUT2D eigenvalue weighted by Gasteiger charge is -2.32. The monoisotopic (exact) mass is 556 g/mol. The minimum Gasteiger partial charge on any atom is -0.497 e. The molecule has 0 bridgehead atoms. The van der Waals surface area contributed by atoms with E-state index in [0.717, 1.165) is 17.5 Å². The number of carbonyl (C=O) groups excluding carboxylic acids is 2. The molecule has 0 saturated carbocycles. The molecule has 1 N–H and O–H groups in total. The van der Waals surface area contributed by atoms with E-state index in [1.54, 1.807) is 24.1 Å². The molecule has 5 nitrogen and oxygen atoms in total. The van der Waals surface area contributed by atoms with Crippen LogP contribution in [0.4, 0.5) is 4.39 Å². The predicted octanol–water partition coefficient (Wildman–Crippen LogP) is 6.28. The highest BCUT2D eigenvalue weighted by atomic mass is 35.5. The van der Waals surface area contributed by atoms with Gasteiger partial charge in [-0.25, -0.2) is 4.39 Å². The number of benzene rings is 3. The molecular formula is C30H34ClFN2O3S. The third-order valence-corrected chi connectivity index (χ3v) is 7.59. The van der Waals surface area contributed by atoms with Crippen molar-refractivity contribution < 1.29 is 18.7 Å². The van der Waals surface area contributed by atoms with Gasteiger partial charge in [0.1, 0.15) is 17.6 Å². The molecule has 0 heterocycles. The van der Waals surface area contributed by atoms with E-state index in [2.05, 4.69) is 5.32 Å². The van der Waals surface area contributed by atoms with Gasteiger partial charge in [-0.1, -0.05) is 67.1 Å². The van der Waals surface area contributed by atoms with Crippen LogP contribution in [-0.2, 0) is 28.3 Å². The van der Waals surface area contributed by atoms with Gasteiger partial charge in [0.05, 0.1) is 12.9 Å². The van der Waals surface area contributed by atoms with E-state index in [9.17, 15) is 14.0 Å². The van der Waals surface area contributed by atoms with Crippen LogP contribution in [-0.4, -0.2) is 41.7 Å². The highest BCUT2D eigenvalue weighted by molar-refractivity contribution is 7.99. The van der Waals surface area contributed by atoms with E-state index in [-0.39, 0.29) is 35.9 Å². The van der Waals surface area contributed by atoms with Gasteiger partial charge >= 0.3 is 0 Å². The third kappa shape index (κ3) is 8.50. The highest BCUT2D eigenvalue weighted by Crippen LogP contribution is 2.25. The Morgan fingerprint density at radius 1 is 1.05 bits per heavy atom. The molecule has 0 aliphatic carbocycles. The SMILES string of the molecule is CCC(C)NC(=O)C(Cc1ccccc1)N(Cc1cccc(OC)c1)C(=O)CSCc1c(F)cccc1Cl. The molecule has 0 aromatic heterocycles. The van der Waals surface area contributed by atoms with E-state index in [1.807, 2.05) is 68.4 Å². The lowest BCUT2D eigenvalue weighted by molar-refractivity contribution is -0.139. The van der Waals surface area contributed by atoms with E-state index in [0.29, 0.717) is 22.8 Å². The third-order valence-electron chi connectivity index (χ3n) is 6.29. The van der Waals surface area contributed by atoms with Crippen LogP contribution in [0.2, 0.25) is 5.02 Å². The topological polar surface area (TPSA) is 58.6 Å². The van der Waals surface area contributed by atoms with Gasteiger partial charge in [-0.05, 0) is 48.7 Å². The minimum absolute atomic E-state index is 0.0351. The van der Waals surface area contributed by atoms with Crippen molar-refractivity contribution in [3.8, 4) is 5.75 Å². The number of thioether (sulfide) groups is 1. The standard InChI is InChI=1S/C30H34ClFN2O3S/c1-4-21(2)33-30(36)28(17-22-10-6-5-7-11-22)34(18-23-12-8-13-24(16-23)37-3)29(35)20-38-19-25-26(31)14-9-15-27(25)32/h5-16,21,28H,4,17-20H2,1-3H3,(H,33,36). The summed E-state index contributed by atoms with van der Waals surface area (Å²) in [6, 6.07) is 20.9. The Balaban J connectivity index is 1.89. The van der Waals surface area contributed by atoms with Crippen molar-refractivity contribution >= 4 is 35.2 Å². The predicted molar refractivity (Wildman–Crippen MR) is 153 cm³/mol. The maximum absolute atomic E-state index is 14.3. The van der Waals surface area contributed by atoms with Gasteiger partial charge in [0, 0.05) is 35.3 Å². The molecule has 3 rings (SSSR count). The van der Waals surface area contributed by atoms with E-state index < -0.39 is 11.9 Å². The molecule has 3 aromatic rings. The van der Waals surface area contributed by atoms with E-state index in [4.69, 9.17) is 16.3 Å². The van der Waals surface area contributed by atoms with Crippen molar-refractivity contribution in [2.75, 3.05) is 12.9 Å². The van der Waals surface area contributed by atoms with Crippen LogP contribution < -0.4 is 10.1 Å². The zero-order valence-electron chi connectivity index (χ0n) is 22.0. The van der Waals surface area contributed by atoms with Crippen LogP contribution in [0.5, 0.6) is 5.75 Å². The van der Waals surface area contributed by atoms with Crippen molar-refractivity contribution in [2.24, 2.45) is 0 Å². The molecule has 0 aliphatic heterocycles. The highest BCUT2D eigenvalue weighted by Gasteiger charge is 2.31. The summed E-state index contributed by atoms with van der Waals surface area (Å²) in [4.78, 5) is 28.9. The number of nitrogens with zero attached hydrogens (tertiary/aromatic N) is 1. The van der Waals surface area contributed by atoms with E-state index in [1.165, 1.54) is 17.8 Å². The van der Waals surface area contributed by atoms with Gasteiger partial charge in [0.2, 0.25) is 11.8 Å². The average Bonchev–Trinajstić information content (AvgIpc) is 2.92. The largest absolute Gasteiger partial charge is 0.497 e. The van der Waals surface area contributed by atoms with Crippen molar-refractivity contribution in [1.29, 1.82) is 0 Å². The summed E-state index contributed by atoms with van der Waals surface area (Å²) < 4.78 is 19.6. The smallest absolute Gasteiger partial charge is 0.243 e. The molecule has 3 aromatic carbocycles. The van der Waals surface area contributed by atoms with Gasteiger partial charge in [0.15, 0.2) is 0 Å². The number of rotatable bonds is 13. The number of nitrogens with one attached hydrogen (secondary N) is 1.